The van der Waals surface area contributed by atoms with Gasteiger partial charge in [-0.1, -0.05) is 23.2 Å². The molecule has 0 bridgehead atoms. The van der Waals surface area contributed by atoms with Crippen molar-refractivity contribution in [2.75, 3.05) is 5.32 Å². The van der Waals surface area contributed by atoms with E-state index in [2.05, 4.69) is 0 Å². The summed E-state index contributed by atoms with van der Waals surface area (Å²) in [7, 11) is 0. The number of hydrogen-bond donors (Lipinski definition) is 1. The Morgan fingerprint density at radius 1 is 0.864 bits per heavy atom. The van der Waals surface area contributed by atoms with Crippen molar-refractivity contribution in [3.05, 3.63) is 62.9 Å². The van der Waals surface area contributed by atoms with E-state index in [0.29, 0.717) is 0 Å². The first kappa shape index (κ1) is 16.5. The molecule has 0 aliphatic carbocycles. The molecular formula is C13H4Cl2F5NO. The molecule has 1 N–H and O–H groups in total. The van der Waals surface area contributed by atoms with Gasteiger partial charge in [-0.25, -0.2) is 22.0 Å². The molecular weight excluding hydrogens is 352 g/mol. The Labute approximate surface area is 130 Å². The third-order valence-corrected chi connectivity index (χ3v) is 3.19. The molecule has 0 unspecified atom stereocenters. The number of amides is 1. The van der Waals surface area contributed by atoms with Gasteiger partial charge >= 0.3 is 0 Å². The van der Waals surface area contributed by atoms with Crippen LogP contribution in [0.15, 0.2) is 18.2 Å². The lowest BCUT2D eigenvalue weighted by molar-refractivity contribution is 0.102. The molecule has 9 heteroatoms. The topological polar surface area (TPSA) is 29.1 Å². The maximum absolute atomic E-state index is 13.5. The average molecular weight is 356 g/mol. The first-order valence-electron chi connectivity index (χ1n) is 5.52. The number of benzene rings is 2. The van der Waals surface area contributed by atoms with Crippen molar-refractivity contribution >= 4 is 34.8 Å². The van der Waals surface area contributed by atoms with Gasteiger partial charge in [0.15, 0.2) is 23.3 Å². The van der Waals surface area contributed by atoms with Crippen LogP contribution in [0.4, 0.5) is 27.6 Å². The standard InChI is InChI=1S/C13H4Cl2F5NO/c14-4-1-2-6(15)5(3-4)13(22)21-12-10(19)8(17)7(16)9(18)11(12)20/h1-3H,(H,21,22). The van der Waals surface area contributed by atoms with Crippen molar-refractivity contribution in [3.63, 3.8) is 0 Å². The summed E-state index contributed by atoms with van der Waals surface area (Å²) in [6.07, 6.45) is 0. The second-order valence-corrected chi connectivity index (χ2v) is 4.87. The Hall–Kier alpha value is -1.86. The third-order valence-electron chi connectivity index (χ3n) is 2.62. The molecule has 0 spiro atoms. The third kappa shape index (κ3) is 2.86. The van der Waals surface area contributed by atoms with Crippen molar-refractivity contribution in [1.82, 2.24) is 0 Å². The van der Waals surface area contributed by atoms with Crippen molar-refractivity contribution < 1.29 is 26.7 Å². The van der Waals surface area contributed by atoms with Gasteiger partial charge in [0.1, 0.15) is 5.69 Å². The Kier molecular flexibility index (Phi) is 4.58. The minimum atomic E-state index is -2.33. The summed E-state index contributed by atoms with van der Waals surface area (Å²) >= 11 is 11.4. The number of carbonyl (C=O) groups excluding carboxylic acids is 1. The normalized spacial score (nSPS) is 10.7. The molecule has 22 heavy (non-hydrogen) atoms. The second-order valence-electron chi connectivity index (χ2n) is 4.02. The summed E-state index contributed by atoms with van der Waals surface area (Å²) < 4.78 is 65.9. The molecule has 0 aromatic heterocycles. The van der Waals surface area contributed by atoms with Crippen LogP contribution in [0.1, 0.15) is 10.4 Å². The van der Waals surface area contributed by atoms with E-state index < -0.39 is 40.7 Å². The van der Waals surface area contributed by atoms with E-state index in [4.69, 9.17) is 23.2 Å². The summed E-state index contributed by atoms with van der Waals surface area (Å²) in [6.45, 7) is 0. The Morgan fingerprint density at radius 3 is 1.91 bits per heavy atom. The fraction of sp³-hybridized carbons (Fsp3) is 0. The van der Waals surface area contributed by atoms with Gasteiger partial charge in [-0.05, 0) is 18.2 Å². The van der Waals surface area contributed by atoms with Crippen LogP contribution in [0.25, 0.3) is 0 Å². The molecule has 0 radical (unpaired) electrons. The van der Waals surface area contributed by atoms with Gasteiger partial charge in [0.25, 0.3) is 5.91 Å². The monoisotopic (exact) mass is 355 g/mol. The fourth-order valence-corrected chi connectivity index (χ4v) is 1.94. The van der Waals surface area contributed by atoms with Gasteiger partial charge in [0.05, 0.1) is 10.6 Å². The van der Waals surface area contributed by atoms with Crippen LogP contribution in [-0.4, -0.2) is 5.91 Å². The number of anilines is 1. The number of rotatable bonds is 2. The Bertz CT molecular complexity index is 753. The first-order chi connectivity index (χ1) is 10.2. The summed E-state index contributed by atoms with van der Waals surface area (Å²) in [6, 6.07) is 3.65. The highest BCUT2D eigenvalue weighted by Crippen LogP contribution is 2.28. The molecule has 0 aliphatic heterocycles. The Balaban J connectivity index is 2.47. The van der Waals surface area contributed by atoms with Crippen molar-refractivity contribution in [2.24, 2.45) is 0 Å². The van der Waals surface area contributed by atoms with Crippen molar-refractivity contribution in [1.29, 1.82) is 0 Å². The largest absolute Gasteiger partial charge is 0.317 e. The molecule has 116 valence electrons. The highest BCUT2D eigenvalue weighted by atomic mass is 35.5. The summed E-state index contributed by atoms with van der Waals surface area (Å²) in [5, 5.41) is 1.56. The summed E-state index contributed by atoms with van der Waals surface area (Å²) in [5.74, 6) is -12.2. The van der Waals surface area contributed by atoms with Gasteiger partial charge in [-0.2, -0.15) is 0 Å². The quantitative estimate of drug-likeness (QED) is 0.461. The second kappa shape index (κ2) is 6.10. The summed E-state index contributed by atoms with van der Waals surface area (Å²) in [5.41, 5.74) is -1.77. The predicted molar refractivity (Wildman–Crippen MR) is 70.6 cm³/mol. The minimum absolute atomic E-state index is 0.0898. The zero-order valence-corrected chi connectivity index (χ0v) is 11.8. The molecule has 0 heterocycles. The van der Waals surface area contributed by atoms with E-state index >= 15 is 0 Å². The van der Waals surface area contributed by atoms with Gasteiger partial charge < -0.3 is 5.32 Å². The summed E-state index contributed by atoms with van der Waals surface area (Å²) in [4.78, 5) is 11.9. The molecule has 1 amide bonds. The van der Waals surface area contributed by atoms with Crippen LogP contribution in [0.5, 0.6) is 0 Å². The van der Waals surface area contributed by atoms with Crippen LogP contribution in [0.3, 0.4) is 0 Å². The van der Waals surface area contributed by atoms with Gasteiger partial charge in [0, 0.05) is 5.02 Å². The molecule has 2 aromatic carbocycles. The van der Waals surface area contributed by atoms with E-state index in [-0.39, 0.29) is 15.6 Å². The number of carbonyl (C=O) groups is 1. The van der Waals surface area contributed by atoms with E-state index in [0.717, 1.165) is 6.07 Å². The zero-order chi connectivity index (χ0) is 16.6. The van der Waals surface area contributed by atoms with Gasteiger partial charge in [0.2, 0.25) is 5.82 Å². The molecule has 0 fully saturated rings. The molecule has 2 aromatic rings. The molecule has 0 aliphatic rings. The molecule has 0 saturated carbocycles. The van der Waals surface area contributed by atoms with Gasteiger partial charge in [-0.3, -0.25) is 4.79 Å². The maximum Gasteiger partial charge on any atom is 0.257 e. The highest BCUT2D eigenvalue weighted by molar-refractivity contribution is 6.36. The first-order valence-corrected chi connectivity index (χ1v) is 6.27. The smallest absolute Gasteiger partial charge is 0.257 e. The van der Waals surface area contributed by atoms with Crippen LogP contribution in [-0.2, 0) is 0 Å². The van der Waals surface area contributed by atoms with Crippen LogP contribution < -0.4 is 5.32 Å². The fourth-order valence-electron chi connectivity index (χ4n) is 1.57. The Morgan fingerprint density at radius 2 is 1.36 bits per heavy atom. The lowest BCUT2D eigenvalue weighted by atomic mass is 10.2. The van der Waals surface area contributed by atoms with Crippen LogP contribution in [0, 0.1) is 29.1 Å². The van der Waals surface area contributed by atoms with Crippen LogP contribution in [0.2, 0.25) is 10.0 Å². The lowest BCUT2D eigenvalue weighted by Crippen LogP contribution is -2.17. The van der Waals surface area contributed by atoms with E-state index in [1.807, 2.05) is 0 Å². The average Bonchev–Trinajstić information content (AvgIpc) is 2.49. The van der Waals surface area contributed by atoms with E-state index in [9.17, 15) is 26.7 Å². The zero-order valence-electron chi connectivity index (χ0n) is 10.3. The number of nitrogens with one attached hydrogen (secondary N) is 1. The van der Waals surface area contributed by atoms with E-state index in [1.54, 1.807) is 5.32 Å². The molecule has 0 atom stereocenters. The van der Waals surface area contributed by atoms with Crippen LogP contribution >= 0.6 is 23.2 Å². The number of hydrogen-bond acceptors (Lipinski definition) is 1. The molecule has 0 saturated heterocycles. The minimum Gasteiger partial charge on any atom is -0.317 e. The van der Waals surface area contributed by atoms with E-state index in [1.165, 1.54) is 12.1 Å². The lowest BCUT2D eigenvalue weighted by Gasteiger charge is -2.10. The SMILES string of the molecule is O=C(Nc1c(F)c(F)c(F)c(F)c1F)c1cc(Cl)ccc1Cl. The molecule has 2 nitrogen and oxygen atoms in total. The maximum atomic E-state index is 13.5. The molecule has 2 rings (SSSR count). The van der Waals surface area contributed by atoms with Crippen molar-refractivity contribution in [2.45, 2.75) is 0 Å². The van der Waals surface area contributed by atoms with Gasteiger partial charge in [-0.15, -0.1) is 0 Å². The highest BCUT2D eigenvalue weighted by Gasteiger charge is 2.27. The predicted octanol–water partition coefficient (Wildman–Crippen LogP) is 4.94. The number of halogens is 7. The van der Waals surface area contributed by atoms with Crippen molar-refractivity contribution in [3.8, 4) is 0 Å².